The summed E-state index contributed by atoms with van der Waals surface area (Å²) in [5.41, 5.74) is 0.0518. The van der Waals surface area contributed by atoms with E-state index in [1.807, 2.05) is 0 Å². The number of benzene rings is 1. The molecule has 0 saturated carbocycles. The lowest BCUT2D eigenvalue weighted by atomic mass is 10.2. The molecule has 0 aliphatic carbocycles. The Kier molecular flexibility index (Phi) is 5.26. The number of halogens is 1. The largest absolute Gasteiger partial charge is 0.481 e. The maximum Gasteiger partial charge on any atom is 0.322 e. The van der Waals surface area contributed by atoms with Crippen molar-refractivity contribution in [3.8, 4) is 6.07 Å². The molecule has 8 nitrogen and oxygen atoms in total. The summed E-state index contributed by atoms with van der Waals surface area (Å²) < 4.78 is 25.7. The van der Waals surface area contributed by atoms with Crippen LogP contribution in [0.2, 0.25) is 5.02 Å². The smallest absolute Gasteiger partial charge is 0.322 e. The van der Waals surface area contributed by atoms with Crippen LogP contribution >= 0.6 is 11.6 Å². The van der Waals surface area contributed by atoms with Crippen molar-refractivity contribution in [3.05, 3.63) is 28.8 Å². The van der Waals surface area contributed by atoms with Crippen molar-refractivity contribution >= 4 is 33.6 Å². The minimum absolute atomic E-state index is 0.0518. The molecular formula is C11H9ClN2O6S. The zero-order chi connectivity index (χ0) is 16.2. The van der Waals surface area contributed by atoms with Crippen molar-refractivity contribution in [1.82, 2.24) is 4.72 Å². The molecule has 1 atom stereocenters. The molecule has 0 bridgehead atoms. The van der Waals surface area contributed by atoms with Gasteiger partial charge in [-0.1, -0.05) is 11.6 Å². The molecule has 0 aliphatic rings. The van der Waals surface area contributed by atoms with Crippen LogP contribution in [0.4, 0.5) is 0 Å². The number of aliphatic carboxylic acids is 2. The minimum Gasteiger partial charge on any atom is -0.481 e. The van der Waals surface area contributed by atoms with Gasteiger partial charge in [-0.05, 0) is 18.2 Å². The zero-order valence-electron chi connectivity index (χ0n) is 10.3. The van der Waals surface area contributed by atoms with Crippen LogP contribution in [0.1, 0.15) is 12.0 Å². The Balaban J connectivity index is 3.10. The highest BCUT2D eigenvalue weighted by atomic mass is 35.5. The van der Waals surface area contributed by atoms with Gasteiger partial charge in [0.2, 0.25) is 10.0 Å². The molecular weight excluding hydrogens is 324 g/mol. The van der Waals surface area contributed by atoms with E-state index in [1.54, 1.807) is 10.8 Å². The summed E-state index contributed by atoms with van der Waals surface area (Å²) in [7, 11) is -4.29. The second-order valence-electron chi connectivity index (χ2n) is 3.86. The molecule has 0 heterocycles. The van der Waals surface area contributed by atoms with Gasteiger partial charge in [0.25, 0.3) is 0 Å². The first kappa shape index (κ1) is 16.9. The molecule has 0 amide bonds. The van der Waals surface area contributed by atoms with Crippen molar-refractivity contribution in [3.63, 3.8) is 0 Å². The Bertz CT molecular complexity index is 725. The SMILES string of the molecule is N#Cc1ccc(S(=O)(=O)N[C@H](CC(=O)O)C(=O)O)cc1Cl. The van der Waals surface area contributed by atoms with Gasteiger partial charge in [-0.25, -0.2) is 8.42 Å². The van der Waals surface area contributed by atoms with E-state index in [-0.39, 0.29) is 15.5 Å². The zero-order valence-corrected chi connectivity index (χ0v) is 11.8. The topological polar surface area (TPSA) is 145 Å². The van der Waals surface area contributed by atoms with Crippen LogP contribution in [-0.4, -0.2) is 36.6 Å². The van der Waals surface area contributed by atoms with Gasteiger partial charge in [0.05, 0.1) is 21.9 Å². The maximum atomic E-state index is 12.0. The highest BCUT2D eigenvalue weighted by molar-refractivity contribution is 7.89. The molecule has 1 aromatic rings. The summed E-state index contributed by atoms with van der Waals surface area (Å²) in [5.74, 6) is -3.09. The Hall–Kier alpha value is -2.15. The number of carboxylic acids is 2. The third kappa shape index (κ3) is 4.42. The number of hydrogen-bond acceptors (Lipinski definition) is 5. The molecule has 21 heavy (non-hydrogen) atoms. The Morgan fingerprint density at radius 3 is 2.43 bits per heavy atom. The van der Waals surface area contributed by atoms with Crippen LogP contribution in [0.3, 0.4) is 0 Å². The van der Waals surface area contributed by atoms with Crippen LogP contribution in [0, 0.1) is 11.3 Å². The van der Waals surface area contributed by atoms with E-state index in [4.69, 9.17) is 27.1 Å². The van der Waals surface area contributed by atoms with E-state index in [0.29, 0.717) is 0 Å². The average Bonchev–Trinajstić information content (AvgIpc) is 2.36. The molecule has 0 fully saturated rings. The van der Waals surface area contributed by atoms with Crippen LogP contribution in [0.5, 0.6) is 0 Å². The van der Waals surface area contributed by atoms with E-state index >= 15 is 0 Å². The number of carbonyl (C=O) groups is 2. The first-order valence-corrected chi connectivity index (χ1v) is 7.20. The number of sulfonamides is 1. The van der Waals surface area contributed by atoms with E-state index in [1.165, 1.54) is 0 Å². The Labute approximate surface area is 124 Å². The number of rotatable bonds is 6. The number of nitrogens with one attached hydrogen (secondary N) is 1. The molecule has 0 aliphatic heterocycles. The predicted molar refractivity (Wildman–Crippen MR) is 70.2 cm³/mol. The Morgan fingerprint density at radius 1 is 1.38 bits per heavy atom. The van der Waals surface area contributed by atoms with Crippen molar-refractivity contribution in [2.75, 3.05) is 0 Å². The summed E-state index contributed by atoms with van der Waals surface area (Å²) in [5, 5.41) is 25.9. The van der Waals surface area contributed by atoms with E-state index in [9.17, 15) is 18.0 Å². The highest BCUT2D eigenvalue weighted by Crippen LogP contribution is 2.20. The summed E-state index contributed by atoms with van der Waals surface area (Å²) in [6.45, 7) is 0. The summed E-state index contributed by atoms with van der Waals surface area (Å²) in [6, 6.07) is 3.12. The monoisotopic (exact) mass is 332 g/mol. The first-order valence-electron chi connectivity index (χ1n) is 5.34. The summed E-state index contributed by atoms with van der Waals surface area (Å²) in [6.07, 6.45) is -0.918. The van der Waals surface area contributed by atoms with Crippen LogP contribution < -0.4 is 4.72 Å². The van der Waals surface area contributed by atoms with Gasteiger partial charge in [-0.3, -0.25) is 9.59 Å². The fraction of sp³-hybridized carbons (Fsp3) is 0.182. The Morgan fingerprint density at radius 2 is 2.00 bits per heavy atom. The summed E-state index contributed by atoms with van der Waals surface area (Å²) in [4.78, 5) is 21.0. The number of nitriles is 1. The van der Waals surface area contributed by atoms with E-state index in [2.05, 4.69) is 0 Å². The van der Waals surface area contributed by atoms with Crippen molar-refractivity contribution in [2.45, 2.75) is 17.4 Å². The molecule has 0 spiro atoms. The quantitative estimate of drug-likeness (QED) is 0.684. The number of carboxylic acid groups (broad SMARTS) is 2. The third-order valence-corrected chi connectivity index (χ3v) is 4.13. The fourth-order valence-electron chi connectivity index (χ4n) is 1.36. The number of hydrogen-bond donors (Lipinski definition) is 3. The predicted octanol–water partition coefficient (Wildman–Crippen LogP) is 0.418. The molecule has 0 saturated heterocycles. The normalized spacial score (nSPS) is 12.4. The molecule has 0 aromatic heterocycles. The fourth-order valence-corrected chi connectivity index (χ4v) is 2.87. The lowest BCUT2D eigenvalue weighted by Crippen LogP contribution is -2.42. The summed E-state index contributed by atoms with van der Waals surface area (Å²) >= 11 is 5.69. The molecule has 1 rings (SSSR count). The van der Waals surface area contributed by atoms with E-state index < -0.39 is 34.4 Å². The minimum atomic E-state index is -4.29. The molecule has 0 radical (unpaired) electrons. The lowest BCUT2D eigenvalue weighted by molar-refractivity contribution is -0.145. The van der Waals surface area contributed by atoms with Gasteiger partial charge < -0.3 is 10.2 Å². The molecule has 0 unspecified atom stereocenters. The number of nitrogens with zero attached hydrogens (tertiary/aromatic N) is 1. The maximum absolute atomic E-state index is 12.0. The standard InChI is InChI=1S/C11H9ClN2O6S/c12-8-3-7(2-1-6(8)5-13)21(19,20)14-9(11(17)18)4-10(15)16/h1-3,9,14H,4H2,(H,15,16)(H,17,18)/t9-/m1/s1. The van der Waals surface area contributed by atoms with Crippen molar-refractivity contribution in [1.29, 1.82) is 5.26 Å². The van der Waals surface area contributed by atoms with Gasteiger partial charge in [-0.15, -0.1) is 0 Å². The van der Waals surface area contributed by atoms with Gasteiger partial charge in [0, 0.05) is 0 Å². The van der Waals surface area contributed by atoms with Gasteiger partial charge in [-0.2, -0.15) is 9.98 Å². The van der Waals surface area contributed by atoms with Crippen LogP contribution in [0.25, 0.3) is 0 Å². The highest BCUT2D eigenvalue weighted by Gasteiger charge is 2.27. The van der Waals surface area contributed by atoms with Gasteiger partial charge in [0.15, 0.2) is 0 Å². The second kappa shape index (κ2) is 6.53. The molecule has 112 valence electrons. The third-order valence-electron chi connectivity index (χ3n) is 2.35. The van der Waals surface area contributed by atoms with Gasteiger partial charge >= 0.3 is 11.9 Å². The van der Waals surface area contributed by atoms with Gasteiger partial charge in [0.1, 0.15) is 12.1 Å². The lowest BCUT2D eigenvalue weighted by Gasteiger charge is -2.13. The average molecular weight is 333 g/mol. The van der Waals surface area contributed by atoms with Crippen LogP contribution in [0.15, 0.2) is 23.1 Å². The van der Waals surface area contributed by atoms with E-state index in [0.717, 1.165) is 18.2 Å². The first-order chi connectivity index (χ1) is 9.67. The molecule has 3 N–H and O–H groups in total. The van der Waals surface area contributed by atoms with Crippen molar-refractivity contribution in [2.24, 2.45) is 0 Å². The van der Waals surface area contributed by atoms with Crippen LogP contribution in [-0.2, 0) is 19.6 Å². The van der Waals surface area contributed by atoms with Crippen molar-refractivity contribution < 1.29 is 28.2 Å². The molecule has 10 heteroatoms. The molecule has 1 aromatic carbocycles. The second-order valence-corrected chi connectivity index (χ2v) is 5.98.